The van der Waals surface area contributed by atoms with Gasteiger partial charge in [-0.2, -0.15) is 0 Å². The molecule has 0 aliphatic carbocycles. The Morgan fingerprint density at radius 1 is 1.09 bits per heavy atom. The highest BCUT2D eigenvalue weighted by atomic mass is 16.6. The number of hydrogen-bond acceptors (Lipinski definition) is 3. The zero-order chi connectivity index (χ0) is 16.4. The Balaban J connectivity index is 1.82. The summed E-state index contributed by atoms with van der Waals surface area (Å²) in [6, 6.07) is 16.4. The number of ether oxygens (including phenoxy) is 1. The normalized spacial score (nSPS) is 17.4. The van der Waals surface area contributed by atoms with Gasteiger partial charge < -0.3 is 10.1 Å². The molecule has 2 aromatic rings. The maximum atomic E-state index is 12.1. The van der Waals surface area contributed by atoms with Crippen molar-refractivity contribution in [1.82, 2.24) is 5.32 Å². The summed E-state index contributed by atoms with van der Waals surface area (Å²) in [5.74, 6) is -0.277. The van der Waals surface area contributed by atoms with Crippen molar-refractivity contribution in [3.8, 4) is 0 Å². The summed E-state index contributed by atoms with van der Waals surface area (Å²) in [6.45, 7) is 6.60. The highest BCUT2D eigenvalue weighted by Crippen LogP contribution is 2.28. The Hall–Kier alpha value is -2.13. The van der Waals surface area contributed by atoms with Crippen LogP contribution in [0.4, 0.5) is 0 Å². The van der Waals surface area contributed by atoms with Crippen molar-refractivity contribution in [1.29, 1.82) is 0 Å². The van der Waals surface area contributed by atoms with Crippen LogP contribution in [-0.2, 0) is 11.2 Å². The Labute approximate surface area is 137 Å². The van der Waals surface area contributed by atoms with Crippen molar-refractivity contribution in [2.24, 2.45) is 0 Å². The van der Waals surface area contributed by atoms with Crippen LogP contribution in [0.5, 0.6) is 0 Å². The topological polar surface area (TPSA) is 38.3 Å². The van der Waals surface area contributed by atoms with E-state index in [2.05, 4.69) is 29.6 Å². The van der Waals surface area contributed by atoms with Gasteiger partial charge in [0.15, 0.2) is 0 Å². The molecule has 1 heterocycles. The van der Waals surface area contributed by atoms with Crippen LogP contribution < -0.4 is 5.32 Å². The van der Waals surface area contributed by atoms with Crippen LogP contribution in [0.1, 0.15) is 53.9 Å². The quantitative estimate of drug-likeness (QED) is 0.856. The van der Waals surface area contributed by atoms with Crippen LogP contribution in [-0.4, -0.2) is 18.1 Å². The number of benzene rings is 2. The van der Waals surface area contributed by atoms with E-state index < -0.39 is 5.60 Å². The first kappa shape index (κ1) is 15.8. The van der Waals surface area contributed by atoms with Gasteiger partial charge in [-0.1, -0.05) is 36.4 Å². The van der Waals surface area contributed by atoms with Crippen molar-refractivity contribution in [2.45, 2.75) is 38.8 Å². The number of hydrogen-bond donors (Lipinski definition) is 1. The molecule has 3 rings (SSSR count). The summed E-state index contributed by atoms with van der Waals surface area (Å²) in [5.41, 5.74) is 4.01. The van der Waals surface area contributed by atoms with Gasteiger partial charge in [-0.3, -0.25) is 0 Å². The molecule has 2 aromatic carbocycles. The number of esters is 1. The highest BCUT2D eigenvalue weighted by Gasteiger charge is 2.22. The first-order valence-electron chi connectivity index (χ1n) is 8.08. The first-order valence-corrected chi connectivity index (χ1v) is 8.08. The lowest BCUT2D eigenvalue weighted by Crippen LogP contribution is -2.30. The molecule has 1 atom stereocenters. The fourth-order valence-electron chi connectivity index (χ4n) is 2.95. The molecule has 23 heavy (non-hydrogen) atoms. The molecule has 0 aromatic heterocycles. The van der Waals surface area contributed by atoms with Crippen LogP contribution in [0, 0.1) is 0 Å². The van der Waals surface area contributed by atoms with Gasteiger partial charge in [0.05, 0.1) is 11.6 Å². The lowest BCUT2D eigenvalue weighted by molar-refractivity contribution is 0.00695. The average Bonchev–Trinajstić information content (AvgIpc) is 2.53. The van der Waals surface area contributed by atoms with Gasteiger partial charge in [0.25, 0.3) is 0 Å². The van der Waals surface area contributed by atoms with Crippen molar-refractivity contribution < 1.29 is 9.53 Å². The highest BCUT2D eigenvalue weighted by molar-refractivity contribution is 5.89. The zero-order valence-electron chi connectivity index (χ0n) is 13.9. The van der Waals surface area contributed by atoms with E-state index in [1.54, 1.807) is 0 Å². The molecule has 0 saturated heterocycles. The predicted molar refractivity (Wildman–Crippen MR) is 91.6 cm³/mol. The molecule has 1 aliphatic heterocycles. The average molecular weight is 309 g/mol. The van der Waals surface area contributed by atoms with E-state index >= 15 is 0 Å². The smallest absolute Gasteiger partial charge is 0.338 e. The summed E-state index contributed by atoms with van der Waals surface area (Å²) in [4.78, 5) is 12.1. The van der Waals surface area contributed by atoms with Gasteiger partial charge in [0.1, 0.15) is 5.60 Å². The number of rotatable bonds is 2. The molecule has 0 unspecified atom stereocenters. The third-order valence-corrected chi connectivity index (χ3v) is 3.99. The molecule has 3 nitrogen and oxygen atoms in total. The Kier molecular flexibility index (Phi) is 4.22. The van der Waals surface area contributed by atoms with Crippen LogP contribution in [0.25, 0.3) is 0 Å². The second-order valence-corrected chi connectivity index (χ2v) is 6.96. The van der Waals surface area contributed by atoms with E-state index in [4.69, 9.17) is 4.74 Å². The molecule has 120 valence electrons. The maximum Gasteiger partial charge on any atom is 0.338 e. The summed E-state index contributed by atoms with van der Waals surface area (Å²) in [6.07, 6.45) is 1.06. The van der Waals surface area contributed by atoms with Crippen molar-refractivity contribution in [3.05, 3.63) is 70.8 Å². The molecule has 0 fully saturated rings. The molecule has 0 amide bonds. The lowest BCUT2D eigenvalue weighted by atomic mass is 9.89. The minimum Gasteiger partial charge on any atom is -0.456 e. The second kappa shape index (κ2) is 6.17. The van der Waals surface area contributed by atoms with E-state index in [1.165, 1.54) is 16.7 Å². The number of carbonyl (C=O) groups is 1. The summed E-state index contributed by atoms with van der Waals surface area (Å²) in [7, 11) is 0. The van der Waals surface area contributed by atoms with Crippen LogP contribution in [0.2, 0.25) is 0 Å². The van der Waals surface area contributed by atoms with E-state index in [1.807, 2.05) is 45.0 Å². The third kappa shape index (κ3) is 3.62. The van der Waals surface area contributed by atoms with E-state index in [-0.39, 0.29) is 12.0 Å². The molecule has 0 spiro atoms. The predicted octanol–water partition coefficient (Wildman–Crippen LogP) is 3.88. The number of carbonyl (C=O) groups excluding carboxylic acids is 1. The van der Waals surface area contributed by atoms with Crippen molar-refractivity contribution >= 4 is 5.97 Å². The van der Waals surface area contributed by atoms with Gasteiger partial charge in [-0.05, 0) is 56.0 Å². The third-order valence-electron chi connectivity index (χ3n) is 3.99. The largest absolute Gasteiger partial charge is 0.456 e. The standard InChI is InChI=1S/C20H23NO2/c1-20(2,3)23-19(22)16-10-8-15(9-11-16)18-17-7-5-4-6-14(17)12-13-21-18/h4-11,18,21H,12-13H2,1-3H3/t18-/m0/s1. The number of fused-ring (bicyclic) bond motifs is 1. The summed E-state index contributed by atoms with van der Waals surface area (Å²) >= 11 is 0. The Bertz CT molecular complexity index is 698. The SMILES string of the molecule is CC(C)(C)OC(=O)c1ccc([C@@H]2NCCc3ccccc32)cc1. The van der Waals surface area contributed by atoms with E-state index in [0.717, 1.165) is 13.0 Å². The molecule has 3 heteroatoms. The van der Waals surface area contributed by atoms with E-state index in [9.17, 15) is 4.79 Å². The van der Waals surface area contributed by atoms with Crippen LogP contribution >= 0.6 is 0 Å². The van der Waals surface area contributed by atoms with Gasteiger partial charge in [0, 0.05) is 6.54 Å². The van der Waals surface area contributed by atoms with Crippen molar-refractivity contribution in [2.75, 3.05) is 6.54 Å². The van der Waals surface area contributed by atoms with Gasteiger partial charge in [-0.15, -0.1) is 0 Å². The number of nitrogens with one attached hydrogen (secondary N) is 1. The monoisotopic (exact) mass is 309 g/mol. The van der Waals surface area contributed by atoms with Crippen LogP contribution in [0.15, 0.2) is 48.5 Å². The second-order valence-electron chi connectivity index (χ2n) is 6.96. The van der Waals surface area contributed by atoms with Gasteiger partial charge in [-0.25, -0.2) is 4.79 Å². The minimum atomic E-state index is -0.473. The fourth-order valence-corrected chi connectivity index (χ4v) is 2.95. The fraction of sp³-hybridized carbons (Fsp3) is 0.350. The molecule has 1 aliphatic rings. The molecule has 0 saturated carbocycles. The maximum absolute atomic E-state index is 12.1. The molecule has 1 N–H and O–H groups in total. The zero-order valence-corrected chi connectivity index (χ0v) is 13.9. The minimum absolute atomic E-state index is 0.188. The van der Waals surface area contributed by atoms with Crippen molar-refractivity contribution in [3.63, 3.8) is 0 Å². The van der Waals surface area contributed by atoms with Gasteiger partial charge in [0.2, 0.25) is 0 Å². The Morgan fingerprint density at radius 2 is 1.78 bits per heavy atom. The molecular weight excluding hydrogens is 286 g/mol. The molecular formula is C20H23NO2. The lowest BCUT2D eigenvalue weighted by Gasteiger charge is -2.27. The Morgan fingerprint density at radius 3 is 2.48 bits per heavy atom. The summed E-state index contributed by atoms with van der Waals surface area (Å²) < 4.78 is 5.41. The summed E-state index contributed by atoms with van der Waals surface area (Å²) in [5, 5.41) is 3.56. The first-order chi connectivity index (χ1) is 10.9. The van der Waals surface area contributed by atoms with Gasteiger partial charge >= 0.3 is 5.97 Å². The molecule has 0 bridgehead atoms. The van der Waals surface area contributed by atoms with Crippen LogP contribution in [0.3, 0.4) is 0 Å². The van der Waals surface area contributed by atoms with E-state index in [0.29, 0.717) is 5.56 Å². The molecule has 0 radical (unpaired) electrons.